The van der Waals surface area contributed by atoms with Gasteiger partial charge in [0.15, 0.2) is 18.1 Å². The second-order valence-corrected chi connectivity index (χ2v) is 6.61. The number of hydrogen-bond acceptors (Lipinski definition) is 5. The van der Waals surface area contributed by atoms with E-state index < -0.39 is 5.97 Å². The number of hydrogen-bond donors (Lipinski definition) is 1. The van der Waals surface area contributed by atoms with Gasteiger partial charge < -0.3 is 19.5 Å². The highest BCUT2D eigenvalue weighted by Crippen LogP contribution is 2.29. The summed E-state index contributed by atoms with van der Waals surface area (Å²) in [7, 11) is 1.48. The van der Waals surface area contributed by atoms with Crippen LogP contribution in [0.25, 0.3) is 0 Å². The Kier molecular flexibility index (Phi) is 8.14. The fourth-order valence-corrected chi connectivity index (χ4v) is 2.51. The van der Waals surface area contributed by atoms with Crippen molar-refractivity contribution in [2.75, 3.05) is 13.7 Å². The fourth-order valence-electron chi connectivity index (χ4n) is 2.32. The third-order valence-corrected chi connectivity index (χ3v) is 4.46. The summed E-state index contributed by atoms with van der Waals surface area (Å²) < 4.78 is 16.1. The van der Waals surface area contributed by atoms with E-state index >= 15 is 0 Å². The molecular formula is C21H24ClNO5. The molecule has 0 aliphatic rings. The van der Waals surface area contributed by atoms with Crippen molar-refractivity contribution in [2.24, 2.45) is 0 Å². The Morgan fingerprint density at radius 2 is 1.89 bits per heavy atom. The Morgan fingerprint density at radius 1 is 1.14 bits per heavy atom. The highest BCUT2D eigenvalue weighted by molar-refractivity contribution is 6.31. The van der Waals surface area contributed by atoms with Gasteiger partial charge in [-0.1, -0.05) is 36.7 Å². The van der Waals surface area contributed by atoms with Gasteiger partial charge in [-0.3, -0.25) is 4.79 Å². The Morgan fingerprint density at radius 3 is 2.57 bits per heavy atom. The van der Waals surface area contributed by atoms with Gasteiger partial charge in [-0.05, 0) is 37.6 Å². The average Bonchev–Trinajstić information content (AvgIpc) is 2.71. The van der Waals surface area contributed by atoms with Crippen molar-refractivity contribution in [1.82, 2.24) is 5.32 Å². The second-order valence-electron chi connectivity index (χ2n) is 6.20. The molecule has 150 valence electrons. The van der Waals surface area contributed by atoms with Gasteiger partial charge in [0, 0.05) is 16.6 Å². The normalized spacial score (nSPS) is 11.4. The maximum absolute atomic E-state index is 12.2. The average molecular weight is 406 g/mol. The van der Waals surface area contributed by atoms with Crippen molar-refractivity contribution in [3.8, 4) is 11.5 Å². The zero-order valence-electron chi connectivity index (χ0n) is 16.2. The van der Waals surface area contributed by atoms with E-state index in [9.17, 15) is 9.59 Å². The Hall–Kier alpha value is -2.73. The molecule has 0 aliphatic heterocycles. The number of rotatable bonds is 9. The minimum absolute atomic E-state index is 0.0286. The lowest BCUT2D eigenvalue weighted by molar-refractivity contribution is -0.124. The molecule has 0 saturated carbocycles. The van der Waals surface area contributed by atoms with Crippen LogP contribution < -0.4 is 14.8 Å². The molecule has 0 aromatic heterocycles. The highest BCUT2D eigenvalue weighted by Gasteiger charge is 2.15. The number of esters is 1. The van der Waals surface area contributed by atoms with Crippen LogP contribution in [0.15, 0.2) is 42.5 Å². The van der Waals surface area contributed by atoms with Crippen LogP contribution in [0.3, 0.4) is 0 Å². The van der Waals surface area contributed by atoms with Gasteiger partial charge in [0.2, 0.25) is 0 Å². The Labute approximate surface area is 169 Å². The monoisotopic (exact) mass is 405 g/mol. The number of ether oxygens (including phenoxy) is 3. The van der Waals surface area contributed by atoms with Gasteiger partial charge >= 0.3 is 5.97 Å². The number of nitrogens with one attached hydrogen (secondary N) is 1. The minimum Gasteiger partial charge on any atom is -0.493 e. The first kappa shape index (κ1) is 21.6. The molecule has 2 rings (SSSR count). The molecule has 0 heterocycles. The molecule has 0 bridgehead atoms. The summed E-state index contributed by atoms with van der Waals surface area (Å²) in [5.74, 6) is -0.108. The van der Waals surface area contributed by atoms with Gasteiger partial charge in [0.1, 0.15) is 6.61 Å². The summed E-state index contributed by atoms with van der Waals surface area (Å²) in [6.07, 6.45) is 0.798. The summed E-state index contributed by atoms with van der Waals surface area (Å²) in [5.41, 5.74) is 1.10. The quantitative estimate of drug-likeness (QED) is 0.638. The van der Waals surface area contributed by atoms with Gasteiger partial charge in [0.25, 0.3) is 5.91 Å². The summed E-state index contributed by atoms with van der Waals surface area (Å²) in [6.45, 7) is 3.76. The molecule has 7 heteroatoms. The molecule has 2 aromatic carbocycles. The van der Waals surface area contributed by atoms with Crippen LogP contribution in [0.2, 0.25) is 5.02 Å². The van der Waals surface area contributed by atoms with Crippen LogP contribution in [0.4, 0.5) is 0 Å². The topological polar surface area (TPSA) is 73.9 Å². The highest BCUT2D eigenvalue weighted by atomic mass is 35.5. The van der Waals surface area contributed by atoms with Crippen LogP contribution in [-0.2, 0) is 16.1 Å². The minimum atomic E-state index is -0.616. The number of benzene rings is 2. The van der Waals surface area contributed by atoms with Crippen molar-refractivity contribution in [1.29, 1.82) is 0 Å². The first-order chi connectivity index (χ1) is 13.4. The van der Waals surface area contributed by atoms with E-state index in [-0.39, 0.29) is 30.7 Å². The summed E-state index contributed by atoms with van der Waals surface area (Å²) in [6, 6.07) is 12.1. The van der Waals surface area contributed by atoms with E-state index in [1.165, 1.54) is 13.2 Å². The van der Waals surface area contributed by atoms with E-state index in [4.69, 9.17) is 25.8 Å². The lowest BCUT2D eigenvalue weighted by Gasteiger charge is -2.13. The zero-order chi connectivity index (χ0) is 20.5. The molecule has 1 atom stereocenters. The predicted octanol–water partition coefficient (Wildman–Crippen LogP) is 4.00. The molecule has 0 aliphatic carbocycles. The zero-order valence-corrected chi connectivity index (χ0v) is 16.9. The van der Waals surface area contributed by atoms with Crippen LogP contribution in [0, 0.1) is 0 Å². The largest absolute Gasteiger partial charge is 0.493 e. The van der Waals surface area contributed by atoms with Crippen LogP contribution in [0.1, 0.15) is 36.2 Å². The second kappa shape index (κ2) is 10.6. The maximum Gasteiger partial charge on any atom is 0.338 e. The standard InChI is InChI=1S/C21H24ClNO5/c1-4-14(2)23-20(24)13-28-21(25)15-9-10-18(19(11-15)26-3)27-12-16-7-5-6-8-17(16)22/h5-11,14H,4,12-13H2,1-3H3,(H,23,24)/t14-/m1/s1. The first-order valence-corrected chi connectivity index (χ1v) is 9.33. The van der Waals surface area contributed by atoms with E-state index in [0.29, 0.717) is 16.5 Å². The maximum atomic E-state index is 12.2. The SMILES string of the molecule is CC[C@@H](C)NC(=O)COC(=O)c1ccc(OCc2ccccc2Cl)c(OC)c1. The molecule has 0 unspecified atom stereocenters. The fraction of sp³-hybridized carbons (Fsp3) is 0.333. The first-order valence-electron chi connectivity index (χ1n) is 8.95. The lowest BCUT2D eigenvalue weighted by atomic mass is 10.2. The van der Waals surface area contributed by atoms with Crippen LogP contribution >= 0.6 is 11.6 Å². The van der Waals surface area contributed by atoms with E-state index in [2.05, 4.69) is 5.32 Å². The summed E-state index contributed by atoms with van der Waals surface area (Å²) in [4.78, 5) is 23.9. The van der Waals surface area contributed by atoms with E-state index in [0.717, 1.165) is 12.0 Å². The number of carbonyl (C=O) groups excluding carboxylic acids is 2. The Bertz CT molecular complexity index is 824. The molecule has 2 aromatic rings. The third-order valence-electron chi connectivity index (χ3n) is 4.09. The molecule has 0 spiro atoms. The number of halogens is 1. The third kappa shape index (κ3) is 6.16. The molecule has 0 saturated heterocycles. The van der Waals surface area contributed by atoms with Gasteiger partial charge in [-0.15, -0.1) is 0 Å². The molecule has 6 nitrogen and oxygen atoms in total. The molecular weight excluding hydrogens is 382 g/mol. The van der Waals surface area contributed by atoms with Crippen molar-refractivity contribution in [3.63, 3.8) is 0 Å². The van der Waals surface area contributed by atoms with Crippen LogP contribution in [-0.4, -0.2) is 31.6 Å². The Balaban J connectivity index is 1.98. The smallest absolute Gasteiger partial charge is 0.338 e. The number of carbonyl (C=O) groups is 2. The molecule has 0 radical (unpaired) electrons. The van der Waals surface area contributed by atoms with Gasteiger partial charge in [-0.2, -0.15) is 0 Å². The predicted molar refractivity (Wildman–Crippen MR) is 107 cm³/mol. The molecule has 1 amide bonds. The van der Waals surface area contributed by atoms with Crippen LogP contribution in [0.5, 0.6) is 11.5 Å². The number of amides is 1. The molecule has 1 N–H and O–H groups in total. The van der Waals surface area contributed by atoms with E-state index in [1.54, 1.807) is 18.2 Å². The van der Waals surface area contributed by atoms with E-state index in [1.807, 2.05) is 32.0 Å². The van der Waals surface area contributed by atoms with Crippen molar-refractivity contribution in [2.45, 2.75) is 32.9 Å². The summed E-state index contributed by atoms with van der Waals surface area (Å²) >= 11 is 6.13. The van der Waals surface area contributed by atoms with Crippen molar-refractivity contribution in [3.05, 3.63) is 58.6 Å². The molecule has 0 fully saturated rings. The lowest BCUT2D eigenvalue weighted by Crippen LogP contribution is -2.35. The number of methoxy groups -OCH3 is 1. The van der Waals surface area contributed by atoms with Gasteiger partial charge in [-0.25, -0.2) is 4.79 Å². The van der Waals surface area contributed by atoms with Crippen molar-refractivity contribution < 1.29 is 23.8 Å². The summed E-state index contributed by atoms with van der Waals surface area (Å²) in [5, 5.41) is 3.34. The van der Waals surface area contributed by atoms with Gasteiger partial charge in [0.05, 0.1) is 12.7 Å². The molecule has 28 heavy (non-hydrogen) atoms. The van der Waals surface area contributed by atoms with Crippen molar-refractivity contribution >= 4 is 23.5 Å².